The molecular weight excluding hydrogens is 220 g/mol. The number of hydrogen-bond donors (Lipinski definition) is 1. The number of benzene rings is 1. The second kappa shape index (κ2) is 5.02. The predicted octanol–water partition coefficient (Wildman–Crippen LogP) is 2.74. The minimum atomic E-state index is 0.469. The number of hydrogen-bond acceptors (Lipinski definition) is 2. The molecule has 0 aromatic heterocycles. The summed E-state index contributed by atoms with van der Waals surface area (Å²) in [5, 5.41) is 3.87. The SMILES string of the molecule is Cc1ccccc1C(C)NC1CN2CCC1CC2. The van der Waals surface area contributed by atoms with Gasteiger partial charge in [0.05, 0.1) is 0 Å². The van der Waals surface area contributed by atoms with E-state index >= 15 is 0 Å². The lowest BCUT2D eigenvalue weighted by molar-refractivity contribution is 0.0680. The van der Waals surface area contributed by atoms with Gasteiger partial charge in [-0.3, -0.25) is 0 Å². The van der Waals surface area contributed by atoms with Gasteiger partial charge in [-0.05, 0) is 56.8 Å². The van der Waals surface area contributed by atoms with Gasteiger partial charge < -0.3 is 10.2 Å². The maximum absolute atomic E-state index is 3.87. The molecule has 3 aliphatic rings. The van der Waals surface area contributed by atoms with Crippen molar-refractivity contribution in [2.75, 3.05) is 19.6 Å². The molecule has 3 aliphatic heterocycles. The number of aryl methyl sites for hydroxylation is 1. The second-order valence-electron chi connectivity index (χ2n) is 5.99. The van der Waals surface area contributed by atoms with E-state index < -0.39 is 0 Å². The molecule has 2 bridgehead atoms. The average Bonchev–Trinajstić information content (AvgIpc) is 2.40. The van der Waals surface area contributed by atoms with Crippen LogP contribution in [0, 0.1) is 12.8 Å². The normalized spacial score (nSPS) is 32.4. The summed E-state index contributed by atoms with van der Waals surface area (Å²) < 4.78 is 0. The van der Waals surface area contributed by atoms with Gasteiger partial charge in [-0.1, -0.05) is 24.3 Å². The highest BCUT2D eigenvalue weighted by molar-refractivity contribution is 5.28. The number of fused-ring (bicyclic) bond motifs is 3. The third-order valence-electron chi connectivity index (χ3n) is 4.78. The molecule has 1 N–H and O–H groups in total. The summed E-state index contributed by atoms with van der Waals surface area (Å²) in [5.41, 5.74) is 2.85. The van der Waals surface area contributed by atoms with Crippen LogP contribution in [0.3, 0.4) is 0 Å². The molecule has 3 heterocycles. The van der Waals surface area contributed by atoms with E-state index in [-0.39, 0.29) is 0 Å². The van der Waals surface area contributed by atoms with Gasteiger partial charge in [-0.15, -0.1) is 0 Å². The Morgan fingerprint density at radius 3 is 2.56 bits per heavy atom. The van der Waals surface area contributed by atoms with Crippen molar-refractivity contribution in [1.82, 2.24) is 10.2 Å². The quantitative estimate of drug-likeness (QED) is 0.879. The number of nitrogens with zero attached hydrogens (tertiary/aromatic N) is 1. The van der Waals surface area contributed by atoms with E-state index in [0.717, 1.165) is 5.92 Å². The van der Waals surface area contributed by atoms with Gasteiger partial charge >= 0.3 is 0 Å². The predicted molar refractivity (Wildman–Crippen MR) is 75.7 cm³/mol. The third kappa shape index (κ3) is 2.32. The highest BCUT2D eigenvalue weighted by Gasteiger charge is 2.34. The van der Waals surface area contributed by atoms with E-state index in [1.807, 2.05) is 0 Å². The Morgan fingerprint density at radius 2 is 1.94 bits per heavy atom. The van der Waals surface area contributed by atoms with Crippen molar-refractivity contribution in [3.05, 3.63) is 35.4 Å². The third-order valence-corrected chi connectivity index (χ3v) is 4.78. The Bertz CT molecular complexity index is 407. The van der Waals surface area contributed by atoms with Crippen molar-refractivity contribution in [3.63, 3.8) is 0 Å². The fourth-order valence-electron chi connectivity index (χ4n) is 3.64. The van der Waals surface area contributed by atoms with E-state index in [1.54, 1.807) is 0 Å². The van der Waals surface area contributed by atoms with Crippen LogP contribution in [0.15, 0.2) is 24.3 Å². The molecule has 1 aromatic carbocycles. The summed E-state index contributed by atoms with van der Waals surface area (Å²) in [5.74, 6) is 0.904. The summed E-state index contributed by atoms with van der Waals surface area (Å²) in [6.07, 6.45) is 2.77. The molecule has 2 unspecified atom stereocenters. The van der Waals surface area contributed by atoms with Gasteiger partial charge in [0.2, 0.25) is 0 Å². The van der Waals surface area contributed by atoms with Crippen molar-refractivity contribution >= 4 is 0 Å². The van der Waals surface area contributed by atoms with E-state index in [1.165, 1.54) is 43.6 Å². The highest BCUT2D eigenvalue weighted by atomic mass is 15.2. The van der Waals surface area contributed by atoms with Crippen molar-refractivity contribution in [2.45, 2.75) is 38.8 Å². The summed E-state index contributed by atoms with van der Waals surface area (Å²) >= 11 is 0. The molecule has 0 aliphatic carbocycles. The standard InChI is InChI=1S/C16H24N2/c1-12-5-3-4-6-15(12)13(2)17-16-11-18-9-7-14(16)8-10-18/h3-6,13-14,16-17H,7-11H2,1-2H3. The lowest BCUT2D eigenvalue weighted by Gasteiger charge is -2.46. The van der Waals surface area contributed by atoms with Crippen molar-refractivity contribution in [2.24, 2.45) is 5.92 Å². The Hall–Kier alpha value is -0.860. The lowest BCUT2D eigenvalue weighted by atomic mass is 9.83. The molecule has 0 spiro atoms. The number of piperidine rings is 3. The van der Waals surface area contributed by atoms with Gasteiger partial charge in [0.1, 0.15) is 0 Å². The molecule has 1 aromatic rings. The molecule has 0 amide bonds. The van der Waals surface area contributed by atoms with Gasteiger partial charge in [0.15, 0.2) is 0 Å². The molecule has 2 nitrogen and oxygen atoms in total. The van der Waals surface area contributed by atoms with Crippen LogP contribution in [-0.4, -0.2) is 30.6 Å². The highest BCUT2D eigenvalue weighted by Crippen LogP contribution is 2.29. The van der Waals surface area contributed by atoms with Crippen LogP contribution in [-0.2, 0) is 0 Å². The minimum Gasteiger partial charge on any atom is -0.306 e. The Balaban J connectivity index is 1.68. The average molecular weight is 244 g/mol. The van der Waals surface area contributed by atoms with Crippen LogP contribution in [0.1, 0.15) is 36.9 Å². The van der Waals surface area contributed by atoms with Crippen LogP contribution < -0.4 is 5.32 Å². The monoisotopic (exact) mass is 244 g/mol. The number of rotatable bonds is 3. The zero-order valence-corrected chi connectivity index (χ0v) is 11.5. The fraction of sp³-hybridized carbons (Fsp3) is 0.625. The fourth-order valence-corrected chi connectivity index (χ4v) is 3.64. The van der Waals surface area contributed by atoms with Gasteiger partial charge in [-0.25, -0.2) is 0 Å². The lowest BCUT2D eigenvalue weighted by Crippen LogP contribution is -2.56. The van der Waals surface area contributed by atoms with Crippen LogP contribution >= 0.6 is 0 Å². The maximum atomic E-state index is 3.87. The Labute approximate surface area is 110 Å². The summed E-state index contributed by atoms with van der Waals surface area (Å²) in [7, 11) is 0. The van der Waals surface area contributed by atoms with E-state index in [4.69, 9.17) is 0 Å². The molecule has 2 atom stereocenters. The largest absolute Gasteiger partial charge is 0.306 e. The number of nitrogens with one attached hydrogen (secondary N) is 1. The summed E-state index contributed by atoms with van der Waals surface area (Å²) in [6, 6.07) is 9.91. The summed E-state index contributed by atoms with van der Waals surface area (Å²) in [4.78, 5) is 2.61. The topological polar surface area (TPSA) is 15.3 Å². The Morgan fingerprint density at radius 1 is 1.22 bits per heavy atom. The summed E-state index contributed by atoms with van der Waals surface area (Å²) in [6.45, 7) is 8.41. The molecule has 98 valence electrons. The Kier molecular flexibility index (Phi) is 3.40. The first-order chi connectivity index (χ1) is 8.74. The first kappa shape index (κ1) is 12.2. The minimum absolute atomic E-state index is 0.469. The van der Waals surface area contributed by atoms with E-state index in [2.05, 4.69) is 48.3 Å². The first-order valence-corrected chi connectivity index (χ1v) is 7.28. The molecule has 0 saturated carbocycles. The van der Waals surface area contributed by atoms with Crippen LogP contribution in [0.5, 0.6) is 0 Å². The van der Waals surface area contributed by atoms with E-state index in [9.17, 15) is 0 Å². The van der Waals surface area contributed by atoms with Crippen molar-refractivity contribution < 1.29 is 0 Å². The van der Waals surface area contributed by atoms with Gasteiger partial charge in [-0.2, -0.15) is 0 Å². The zero-order valence-electron chi connectivity index (χ0n) is 11.5. The van der Waals surface area contributed by atoms with E-state index in [0.29, 0.717) is 12.1 Å². The maximum Gasteiger partial charge on any atom is 0.0297 e. The zero-order chi connectivity index (χ0) is 12.5. The first-order valence-electron chi connectivity index (χ1n) is 7.28. The molecule has 3 fully saturated rings. The second-order valence-corrected chi connectivity index (χ2v) is 5.99. The van der Waals surface area contributed by atoms with Crippen LogP contribution in [0.2, 0.25) is 0 Å². The molecular formula is C16H24N2. The molecule has 18 heavy (non-hydrogen) atoms. The molecule has 2 heteroatoms. The van der Waals surface area contributed by atoms with Crippen LogP contribution in [0.25, 0.3) is 0 Å². The van der Waals surface area contributed by atoms with Gasteiger partial charge in [0.25, 0.3) is 0 Å². The molecule has 4 rings (SSSR count). The van der Waals surface area contributed by atoms with Crippen LogP contribution in [0.4, 0.5) is 0 Å². The van der Waals surface area contributed by atoms with Crippen molar-refractivity contribution in [3.8, 4) is 0 Å². The molecule has 3 saturated heterocycles. The molecule has 0 radical (unpaired) electrons. The smallest absolute Gasteiger partial charge is 0.0297 e. The van der Waals surface area contributed by atoms with Gasteiger partial charge in [0, 0.05) is 18.6 Å². The van der Waals surface area contributed by atoms with Crippen molar-refractivity contribution in [1.29, 1.82) is 0 Å².